The van der Waals surface area contributed by atoms with Gasteiger partial charge >= 0.3 is 0 Å². The fourth-order valence-corrected chi connectivity index (χ4v) is 2.37. The molecule has 1 aromatic carbocycles. The number of pyridine rings is 1. The predicted molar refractivity (Wildman–Crippen MR) is 103 cm³/mol. The van der Waals surface area contributed by atoms with E-state index in [-0.39, 0.29) is 11.9 Å². The molecule has 3 rings (SSSR count). The van der Waals surface area contributed by atoms with E-state index in [0.29, 0.717) is 28.7 Å². The molecule has 26 heavy (non-hydrogen) atoms. The normalized spacial score (nSPS) is 10.6. The summed E-state index contributed by atoms with van der Waals surface area (Å²) in [5.74, 6) is 0.562. The minimum atomic E-state index is -0.285. The number of aromatic nitrogens is 3. The van der Waals surface area contributed by atoms with Crippen LogP contribution in [0.15, 0.2) is 54.9 Å². The molecule has 0 aliphatic heterocycles. The molecule has 7 nitrogen and oxygen atoms in total. The van der Waals surface area contributed by atoms with Crippen LogP contribution in [-0.2, 0) is 0 Å². The second-order valence-corrected chi connectivity index (χ2v) is 6.08. The van der Waals surface area contributed by atoms with E-state index in [1.807, 2.05) is 26.0 Å². The van der Waals surface area contributed by atoms with Gasteiger partial charge < -0.3 is 16.4 Å². The van der Waals surface area contributed by atoms with Crippen LogP contribution in [0.1, 0.15) is 24.2 Å². The number of rotatable bonds is 5. The number of nitrogens with zero attached hydrogens (tertiary/aromatic N) is 3. The van der Waals surface area contributed by atoms with Gasteiger partial charge in [0.25, 0.3) is 5.91 Å². The van der Waals surface area contributed by atoms with Gasteiger partial charge in [-0.1, -0.05) is 6.07 Å². The monoisotopic (exact) mass is 348 g/mol. The van der Waals surface area contributed by atoms with Crippen LogP contribution in [0.4, 0.5) is 17.5 Å². The van der Waals surface area contributed by atoms with Crippen molar-refractivity contribution < 1.29 is 4.79 Å². The molecule has 0 saturated carbocycles. The largest absolute Gasteiger partial charge is 0.399 e. The van der Waals surface area contributed by atoms with E-state index in [9.17, 15) is 4.79 Å². The molecule has 0 fully saturated rings. The zero-order valence-electron chi connectivity index (χ0n) is 14.6. The SMILES string of the molecule is CC(C)Nc1nc(NC(=O)c2cccc(N)c2)cc(-c2ccncc2)n1. The summed E-state index contributed by atoms with van der Waals surface area (Å²) in [5, 5.41) is 5.98. The van der Waals surface area contributed by atoms with Crippen molar-refractivity contribution in [2.75, 3.05) is 16.4 Å². The summed E-state index contributed by atoms with van der Waals surface area (Å²) in [6.45, 7) is 3.99. The number of carbonyl (C=O) groups is 1. The van der Waals surface area contributed by atoms with E-state index in [4.69, 9.17) is 5.73 Å². The Bertz CT molecular complexity index is 911. The molecular formula is C19H20N6O. The predicted octanol–water partition coefficient (Wildman–Crippen LogP) is 3.19. The first-order valence-corrected chi connectivity index (χ1v) is 8.24. The maximum Gasteiger partial charge on any atom is 0.256 e. The Kier molecular flexibility index (Phi) is 5.07. The second kappa shape index (κ2) is 7.60. The van der Waals surface area contributed by atoms with Crippen LogP contribution in [-0.4, -0.2) is 26.9 Å². The molecule has 0 unspecified atom stereocenters. The maximum atomic E-state index is 12.5. The van der Waals surface area contributed by atoms with Crippen molar-refractivity contribution in [3.05, 3.63) is 60.4 Å². The van der Waals surface area contributed by atoms with Crippen molar-refractivity contribution >= 4 is 23.4 Å². The van der Waals surface area contributed by atoms with Crippen LogP contribution in [0.5, 0.6) is 0 Å². The summed E-state index contributed by atoms with van der Waals surface area (Å²) in [4.78, 5) is 25.4. The van der Waals surface area contributed by atoms with Gasteiger partial charge in [0.15, 0.2) is 0 Å². The number of hydrogen-bond donors (Lipinski definition) is 3. The van der Waals surface area contributed by atoms with E-state index in [1.54, 1.807) is 42.7 Å². The summed E-state index contributed by atoms with van der Waals surface area (Å²) in [6.07, 6.45) is 3.38. The highest BCUT2D eigenvalue weighted by atomic mass is 16.1. The van der Waals surface area contributed by atoms with Gasteiger partial charge in [0.05, 0.1) is 5.69 Å². The van der Waals surface area contributed by atoms with Crippen molar-refractivity contribution in [1.29, 1.82) is 0 Å². The zero-order chi connectivity index (χ0) is 18.5. The molecule has 4 N–H and O–H groups in total. The maximum absolute atomic E-state index is 12.5. The molecular weight excluding hydrogens is 328 g/mol. The van der Waals surface area contributed by atoms with E-state index in [1.165, 1.54) is 0 Å². The third-order valence-electron chi connectivity index (χ3n) is 3.51. The lowest BCUT2D eigenvalue weighted by atomic mass is 10.2. The molecule has 0 spiro atoms. The number of nitrogens with one attached hydrogen (secondary N) is 2. The number of amides is 1. The van der Waals surface area contributed by atoms with Gasteiger partial charge in [-0.2, -0.15) is 4.98 Å². The van der Waals surface area contributed by atoms with Gasteiger partial charge in [-0.3, -0.25) is 9.78 Å². The molecule has 0 bridgehead atoms. The molecule has 0 aliphatic carbocycles. The summed E-state index contributed by atoms with van der Waals surface area (Å²) < 4.78 is 0. The van der Waals surface area contributed by atoms with E-state index < -0.39 is 0 Å². The second-order valence-electron chi connectivity index (χ2n) is 6.08. The Morgan fingerprint density at radius 3 is 2.54 bits per heavy atom. The topological polar surface area (TPSA) is 106 Å². The van der Waals surface area contributed by atoms with Crippen molar-refractivity contribution in [3.8, 4) is 11.3 Å². The summed E-state index contributed by atoms with van der Waals surface area (Å²) >= 11 is 0. The first-order chi connectivity index (χ1) is 12.5. The average molecular weight is 348 g/mol. The number of anilines is 3. The number of carbonyl (C=O) groups excluding carboxylic acids is 1. The summed E-state index contributed by atoms with van der Waals surface area (Å²) in [7, 11) is 0. The summed E-state index contributed by atoms with van der Waals surface area (Å²) in [5.41, 5.74) is 8.31. The smallest absolute Gasteiger partial charge is 0.256 e. The van der Waals surface area contributed by atoms with Crippen LogP contribution in [0.25, 0.3) is 11.3 Å². The Morgan fingerprint density at radius 1 is 1.08 bits per heavy atom. The molecule has 2 heterocycles. The Morgan fingerprint density at radius 2 is 1.85 bits per heavy atom. The zero-order valence-corrected chi connectivity index (χ0v) is 14.6. The Labute approximate surface area is 151 Å². The highest BCUT2D eigenvalue weighted by Gasteiger charge is 2.12. The Balaban J connectivity index is 1.93. The lowest BCUT2D eigenvalue weighted by Crippen LogP contribution is -2.17. The van der Waals surface area contributed by atoms with Crippen LogP contribution < -0.4 is 16.4 Å². The van der Waals surface area contributed by atoms with Gasteiger partial charge in [0.1, 0.15) is 5.82 Å². The fraction of sp³-hybridized carbons (Fsp3) is 0.158. The number of nitrogens with two attached hydrogens (primary N) is 1. The highest BCUT2D eigenvalue weighted by molar-refractivity contribution is 6.04. The van der Waals surface area contributed by atoms with Crippen molar-refractivity contribution in [1.82, 2.24) is 15.0 Å². The number of hydrogen-bond acceptors (Lipinski definition) is 6. The number of nitrogen functional groups attached to an aromatic ring is 1. The molecule has 3 aromatic rings. The van der Waals surface area contributed by atoms with E-state index in [2.05, 4.69) is 25.6 Å². The van der Waals surface area contributed by atoms with Crippen molar-refractivity contribution in [2.24, 2.45) is 0 Å². The summed E-state index contributed by atoms with van der Waals surface area (Å²) in [6, 6.07) is 12.4. The van der Waals surface area contributed by atoms with Gasteiger partial charge in [-0.05, 0) is 44.2 Å². The molecule has 7 heteroatoms. The standard InChI is InChI=1S/C19H20N6O/c1-12(2)22-19-23-16(13-6-8-21-9-7-13)11-17(25-19)24-18(26)14-4-3-5-15(20)10-14/h3-12H,20H2,1-2H3,(H2,22,23,24,25,26). The quantitative estimate of drug-likeness (QED) is 0.612. The first-order valence-electron chi connectivity index (χ1n) is 8.24. The van der Waals surface area contributed by atoms with Gasteiger partial charge in [-0.25, -0.2) is 4.98 Å². The van der Waals surface area contributed by atoms with E-state index >= 15 is 0 Å². The first kappa shape index (κ1) is 17.3. The minimum Gasteiger partial charge on any atom is -0.399 e. The molecule has 0 radical (unpaired) electrons. The average Bonchev–Trinajstić information content (AvgIpc) is 2.61. The minimum absolute atomic E-state index is 0.153. The van der Waals surface area contributed by atoms with Crippen molar-refractivity contribution in [2.45, 2.75) is 19.9 Å². The molecule has 132 valence electrons. The van der Waals surface area contributed by atoms with Gasteiger partial charge in [0, 0.05) is 41.3 Å². The van der Waals surface area contributed by atoms with Crippen LogP contribution in [0.3, 0.4) is 0 Å². The van der Waals surface area contributed by atoms with E-state index in [0.717, 1.165) is 5.56 Å². The van der Waals surface area contributed by atoms with Crippen LogP contribution >= 0.6 is 0 Å². The molecule has 2 aromatic heterocycles. The molecule has 0 atom stereocenters. The van der Waals surface area contributed by atoms with Gasteiger partial charge in [-0.15, -0.1) is 0 Å². The van der Waals surface area contributed by atoms with Crippen LogP contribution in [0.2, 0.25) is 0 Å². The third kappa shape index (κ3) is 4.32. The molecule has 0 saturated heterocycles. The third-order valence-corrected chi connectivity index (χ3v) is 3.51. The molecule has 1 amide bonds. The fourth-order valence-electron chi connectivity index (χ4n) is 2.37. The highest BCUT2D eigenvalue weighted by Crippen LogP contribution is 2.21. The van der Waals surface area contributed by atoms with Gasteiger partial charge in [0.2, 0.25) is 5.95 Å². The Hall–Kier alpha value is -3.48. The molecule has 0 aliphatic rings. The number of benzene rings is 1. The lowest BCUT2D eigenvalue weighted by molar-refractivity contribution is 0.102. The van der Waals surface area contributed by atoms with Crippen molar-refractivity contribution in [3.63, 3.8) is 0 Å². The van der Waals surface area contributed by atoms with Crippen LogP contribution in [0, 0.1) is 0 Å². The lowest BCUT2D eigenvalue weighted by Gasteiger charge is -2.12.